The summed E-state index contributed by atoms with van der Waals surface area (Å²) in [5.74, 6) is -0.485. The molecule has 4 heteroatoms. The van der Waals surface area contributed by atoms with Crippen LogP contribution in [0.1, 0.15) is 18.4 Å². The SMILES string of the molecule is CC(C#N)c1ccccc1SCC(F)F. The van der Waals surface area contributed by atoms with E-state index in [0.29, 0.717) is 0 Å². The van der Waals surface area contributed by atoms with E-state index in [4.69, 9.17) is 5.26 Å². The van der Waals surface area contributed by atoms with Crippen molar-refractivity contribution in [3.8, 4) is 6.07 Å². The molecule has 0 bridgehead atoms. The molecule has 0 radical (unpaired) electrons. The van der Waals surface area contributed by atoms with Crippen LogP contribution in [0.15, 0.2) is 29.2 Å². The molecular formula is C11H11F2NS. The molecule has 1 atom stereocenters. The van der Waals surface area contributed by atoms with Gasteiger partial charge in [0.2, 0.25) is 6.43 Å². The van der Waals surface area contributed by atoms with E-state index >= 15 is 0 Å². The molecule has 1 unspecified atom stereocenters. The van der Waals surface area contributed by atoms with Crippen LogP contribution in [0.5, 0.6) is 0 Å². The van der Waals surface area contributed by atoms with Crippen molar-refractivity contribution in [2.75, 3.05) is 5.75 Å². The summed E-state index contributed by atoms with van der Waals surface area (Å²) in [5, 5.41) is 8.78. The van der Waals surface area contributed by atoms with Crippen molar-refractivity contribution in [3.63, 3.8) is 0 Å². The molecule has 0 fully saturated rings. The number of halogens is 2. The average Bonchev–Trinajstić information content (AvgIpc) is 2.25. The summed E-state index contributed by atoms with van der Waals surface area (Å²) in [6, 6.07) is 9.30. The predicted molar refractivity (Wildman–Crippen MR) is 57.2 cm³/mol. The van der Waals surface area contributed by atoms with Crippen LogP contribution in [0, 0.1) is 11.3 Å². The fourth-order valence-electron chi connectivity index (χ4n) is 1.19. The van der Waals surface area contributed by atoms with Crippen molar-refractivity contribution >= 4 is 11.8 Å². The van der Waals surface area contributed by atoms with Crippen molar-refractivity contribution < 1.29 is 8.78 Å². The van der Waals surface area contributed by atoms with E-state index in [-0.39, 0.29) is 11.7 Å². The number of hydrogen-bond donors (Lipinski definition) is 0. The topological polar surface area (TPSA) is 23.8 Å². The van der Waals surface area contributed by atoms with Crippen molar-refractivity contribution in [1.29, 1.82) is 5.26 Å². The highest BCUT2D eigenvalue weighted by atomic mass is 32.2. The van der Waals surface area contributed by atoms with E-state index in [1.54, 1.807) is 19.1 Å². The Morgan fingerprint density at radius 1 is 1.40 bits per heavy atom. The monoisotopic (exact) mass is 227 g/mol. The lowest BCUT2D eigenvalue weighted by Crippen LogP contribution is -1.97. The first-order valence-electron chi connectivity index (χ1n) is 4.54. The lowest BCUT2D eigenvalue weighted by atomic mass is 10.0. The van der Waals surface area contributed by atoms with Crippen LogP contribution in [0.2, 0.25) is 0 Å². The van der Waals surface area contributed by atoms with Gasteiger partial charge in [0.05, 0.1) is 17.7 Å². The van der Waals surface area contributed by atoms with E-state index < -0.39 is 6.43 Å². The molecule has 80 valence electrons. The summed E-state index contributed by atoms with van der Waals surface area (Å²) in [6.45, 7) is 1.77. The summed E-state index contributed by atoms with van der Waals surface area (Å²) in [7, 11) is 0. The number of nitriles is 1. The Bertz CT molecular complexity index is 360. The van der Waals surface area contributed by atoms with Crippen LogP contribution >= 0.6 is 11.8 Å². The third-order valence-electron chi connectivity index (χ3n) is 1.94. The van der Waals surface area contributed by atoms with Gasteiger partial charge >= 0.3 is 0 Å². The van der Waals surface area contributed by atoms with Gasteiger partial charge in [0, 0.05) is 4.90 Å². The molecule has 15 heavy (non-hydrogen) atoms. The highest BCUT2D eigenvalue weighted by Gasteiger charge is 2.11. The smallest absolute Gasteiger partial charge is 0.210 e. The van der Waals surface area contributed by atoms with E-state index in [1.807, 2.05) is 12.1 Å². The minimum absolute atomic E-state index is 0.227. The maximum absolute atomic E-state index is 12.0. The molecule has 0 aromatic heterocycles. The average molecular weight is 227 g/mol. The molecule has 0 aliphatic rings. The zero-order valence-electron chi connectivity index (χ0n) is 8.28. The molecule has 1 nitrogen and oxygen atoms in total. The second-order valence-corrected chi connectivity index (χ2v) is 4.15. The summed E-state index contributed by atoms with van der Waals surface area (Å²) in [4.78, 5) is 0.770. The Morgan fingerprint density at radius 3 is 2.67 bits per heavy atom. The molecule has 0 N–H and O–H groups in total. The molecule has 0 saturated carbocycles. The third kappa shape index (κ3) is 3.52. The van der Waals surface area contributed by atoms with Gasteiger partial charge in [0.25, 0.3) is 0 Å². The maximum atomic E-state index is 12.0. The first-order valence-corrected chi connectivity index (χ1v) is 5.53. The summed E-state index contributed by atoms with van der Waals surface area (Å²) in [6.07, 6.45) is -2.32. The number of rotatable bonds is 4. The van der Waals surface area contributed by atoms with Crippen molar-refractivity contribution in [1.82, 2.24) is 0 Å². The molecule has 1 aromatic carbocycles. The minimum Gasteiger partial charge on any atom is -0.210 e. The largest absolute Gasteiger partial charge is 0.247 e. The number of nitrogens with zero attached hydrogens (tertiary/aromatic N) is 1. The van der Waals surface area contributed by atoms with E-state index in [0.717, 1.165) is 22.2 Å². The lowest BCUT2D eigenvalue weighted by molar-refractivity contribution is 0.177. The molecule has 0 heterocycles. The van der Waals surface area contributed by atoms with Crippen LogP contribution in [-0.2, 0) is 0 Å². The minimum atomic E-state index is -2.32. The standard InChI is InChI=1S/C11H11F2NS/c1-8(6-14)9-4-2-3-5-10(9)15-7-11(12)13/h2-5,8,11H,7H2,1H3. The lowest BCUT2D eigenvalue weighted by Gasteiger charge is -2.09. The highest BCUT2D eigenvalue weighted by Crippen LogP contribution is 2.29. The van der Waals surface area contributed by atoms with Gasteiger partial charge < -0.3 is 0 Å². The Kier molecular flexibility index (Phi) is 4.57. The van der Waals surface area contributed by atoms with E-state index in [1.165, 1.54) is 0 Å². The van der Waals surface area contributed by atoms with Gasteiger partial charge in [-0.1, -0.05) is 18.2 Å². The van der Waals surface area contributed by atoms with Gasteiger partial charge in [0.1, 0.15) is 0 Å². The number of benzene rings is 1. The summed E-state index contributed by atoms with van der Waals surface area (Å²) in [5.41, 5.74) is 0.825. The van der Waals surface area contributed by atoms with Gasteiger partial charge in [0.15, 0.2) is 0 Å². The van der Waals surface area contributed by atoms with Crippen LogP contribution in [0.25, 0.3) is 0 Å². The van der Waals surface area contributed by atoms with Crippen molar-refractivity contribution in [2.45, 2.75) is 24.2 Å². The molecular weight excluding hydrogens is 216 g/mol. The Morgan fingerprint density at radius 2 is 2.07 bits per heavy atom. The molecule has 0 amide bonds. The van der Waals surface area contributed by atoms with E-state index in [9.17, 15) is 8.78 Å². The van der Waals surface area contributed by atoms with E-state index in [2.05, 4.69) is 6.07 Å². The normalized spacial score (nSPS) is 12.5. The quantitative estimate of drug-likeness (QED) is 0.733. The first kappa shape index (κ1) is 12.0. The van der Waals surface area contributed by atoms with Gasteiger partial charge in [-0.05, 0) is 18.6 Å². The van der Waals surface area contributed by atoms with Gasteiger partial charge in [-0.25, -0.2) is 8.78 Å². The van der Waals surface area contributed by atoms with Crippen molar-refractivity contribution in [2.24, 2.45) is 0 Å². The molecule has 1 rings (SSSR count). The summed E-state index contributed by atoms with van der Waals surface area (Å²) < 4.78 is 24.1. The molecule has 0 saturated heterocycles. The van der Waals surface area contributed by atoms with Gasteiger partial charge in [-0.2, -0.15) is 5.26 Å². The Labute approximate surface area is 92.1 Å². The zero-order valence-corrected chi connectivity index (χ0v) is 9.10. The summed E-state index contributed by atoms with van der Waals surface area (Å²) >= 11 is 1.10. The van der Waals surface area contributed by atoms with Crippen LogP contribution in [-0.4, -0.2) is 12.2 Å². The predicted octanol–water partition coefficient (Wildman–Crippen LogP) is 3.67. The Hall–Kier alpha value is -1.08. The number of alkyl halides is 2. The van der Waals surface area contributed by atoms with Crippen LogP contribution in [0.4, 0.5) is 8.78 Å². The molecule has 0 spiro atoms. The second kappa shape index (κ2) is 5.72. The Balaban J connectivity index is 2.83. The number of hydrogen-bond acceptors (Lipinski definition) is 2. The maximum Gasteiger partial charge on any atom is 0.247 e. The number of thioether (sulfide) groups is 1. The first-order chi connectivity index (χ1) is 7.15. The van der Waals surface area contributed by atoms with Crippen LogP contribution < -0.4 is 0 Å². The van der Waals surface area contributed by atoms with Gasteiger partial charge in [-0.3, -0.25) is 0 Å². The fraction of sp³-hybridized carbons (Fsp3) is 0.364. The fourth-order valence-corrected chi connectivity index (χ4v) is 2.08. The highest BCUT2D eigenvalue weighted by molar-refractivity contribution is 7.99. The second-order valence-electron chi connectivity index (χ2n) is 3.09. The zero-order chi connectivity index (χ0) is 11.3. The third-order valence-corrected chi connectivity index (χ3v) is 3.05. The van der Waals surface area contributed by atoms with Crippen LogP contribution in [0.3, 0.4) is 0 Å². The van der Waals surface area contributed by atoms with Crippen molar-refractivity contribution in [3.05, 3.63) is 29.8 Å². The molecule has 0 aliphatic carbocycles. The van der Waals surface area contributed by atoms with Gasteiger partial charge in [-0.15, -0.1) is 11.8 Å². The molecule has 1 aromatic rings. The molecule has 0 aliphatic heterocycles.